The van der Waals surface area contributed by atoms with Gasteiger partial charge < -0.3 is 29.6 Å². The van der Waals surface area contributed by atoms with Gasteiger partial charge in [-0.3, -0.25) is 9.59 Å². The monoisotopic (exact) mass is 368 g/mol. The number of carbonyl (C=O) groups is 2. The molecule has 8 heteroatoms. The van der Waals surface area contributed by atoms with Crippen molar-refractivity contribution in [3.8, 4) is 11.5 Å². The van der Waals surface area contributed by atoms with Crippen molar-refractivity contribution < 1.29 is 28.5 Å². The van der Waals surface area contributed by atoms with Gasteiger partial charge in [0.05, 0.1) is 40.3 Å². The van der Waals surface area contributed by atoms with Crippen molar-refractivity contribution in [3.05, 3.63) is 23.8 Å². The number of rotatable bonds is 12. The Morgan fingerprint density at radius 1 is 1.08 bits per heavy atom. The first kappa shape index (κ1) is 21.7. The van der Waals surface area contributed by atoms with Gasteiger partial charge in [-0.1, -0.05) is 6.07 Å². The molecule has 0 heterocycles. The second-order valence-electron chi connectivity index (χ2n) is 5.54. The van der Waals surface area contributed by atoms with Crippen molar-refractivity contribution in [1.82, 2.24) is 10.6 Å². The predicted molar refractivity (Wildman–Crippen MR) is 96.4 cm³/mol. The van der Waals surface area contributed by atoms with Gasteiger partial charge in [-0.2, -0.15) is 0 Å². The Bertz CT molecular complexity index is 579. The molecule has 0 aliphatic carbocycles. The predicted octanol–water partition coefficient (Wildman–Crippen LogP) is 1.05. The zero-order valence-corrected chi connectivity index (χ0v) is 15.8. The largest absolute Gasteiger partial charge is 0.493 e. The Hall–Kier alpha value is -2.32. The fourth-order valence-electron chi connectivity index (χ4n) is 2.36. The molecule has 0 saturated carbocycles. The fraction of sp³-hybridized carbons (Fsp3) is 0.556. The van der Waals surface area contributed by atoms with Crippen LogP contribution in [0.15, 0.2) is 18.2 Å². The summed E-state index contributed by atoms with van der Waals surface area (Å²) in [5.41, 5.74) is 0.723. The van der Waals surface area contributed by atoms with E-state index in [4.69, 9.17) is 18.9 Å². The van der Waals surface area contributed by atoms with Crippen molar-refractivity contribution >= 4 is 11.9 Å². The van der Waals surface area contributed by atoms with Crippen molar-refractivity contribution in [2.24, 2.45) is 0 Å². The van der Waals surface area contributed by atoms with Crippen LogP contribution in [0.5, 0.6) is 11.5 Å². The van der Waals surface area contributed by atoms with E-state index in [1.807, 2.05) is 0 Å². The molecule has 1 rings (SSSR count). The molecule has 146 valence electrons. The van der Waals surface area contributed by atoms with Crippen molar-refractivity contribution in [2.75, 3.05) is 48.1 Å². The third kappa shape index (κ3) is 7.28. The van der Waals surface area contributed by atoms with Gasteiger partial charge in [-0.25, -0.2) is 0 Å². The molecule has 0 unspecified atom stereocenters. The zero-order valence-electron chi connectivity index (χ0n) is 15.8. The molecule has 0 fully saturated rings. The molecule has 0 aliphatic rings. The van der Waals surface area contributed by atoms with Crippen LogP contribution in [0.4, 0.5) is 0 Å². The summed E-state index contributed by atoms with van der Waals surface area (Å²) in [6.45, 7) is 1.44. The second-order valence-corrected chi connectivity index (χ2v) is 5.54. The van der Waals surface area contributed by atoms with E-state index in [0.29, 0.717) is 24.7 Å². The molecule has 0 saturated heterocycles. The molecular formula is C18H28N2O6. The first-order chi connectivity index (χ1) is 12.5. The lowest BCUT2D eigenvalue weighted by molar-refractivity contribution is -0.141. The average Bonchev–Trinajstić information content (AvgIpc) is 2.66. The highest BCUT2D eigenvalue weighted by molar-refractivity contribution is 5.79. The highest BCUT2D eigenvalue weighted by atomic mass is 16.5. The standard InChI is InChI=1S/C18H28N2O6/c1-23-9-5-8-19-12-17(21)20-14(11-18(22)26-4)13-6-7-15(24-2)16(10-13)25-3/h6-7,10,14,19H,5,8-9,11-12H2,1-4H3,(H,20,21)/t14-/m0/s1. The van der Waals surface area contributed by atoms with E-state index in [2.05, 4.69) is 10.6 Å². The van der Waals surface area contributed by atoms with E-state index in [-0.39, 0.29) is 18.9 Å². The molecule has 2 N–H and O–H groups in total. The van der Waals surface area contributed by atoms with Crippen LogP contribution >= 0.6 is 0 Å². The minimum Gasteiger partial charge on any atom is -0.493 e. The van der Waals surface area contributed by atoms with Gasteiger partial charge in [-0.15, -0.1) is 0 Å². The van der Waals surface area contributed by atoms with Crippen molar-refractivity contribution in [3.63, 3.8) is 0 Å². The van der Waals surface area contributed by atoms with Crippen LogP contribution in [0.3, 0.4) is 0 Å². The van der Waals surface area contributed by atoms with Gasteiger partial charge in [0.1, 0.15) is 0 Å². The number of nitrogens with one attached hydrogen (secondary N) is 2. The van der Waals surface area contributed by atoms with Crippen LogP contribution in [0.2, 0.25) is 0 Å². The lowest BCUT2D eigenvalue weighted by Gasteiger charge is -2.20. The van der Waals surface area contributed by atoms with Crippen LogP contribution < -0.4 is 20.1 Å². The third-order valence-corrected chi connectivity index (χ3v) is 3.73. The maximum atomic E-state index is 12.2. The van der Waals surface area contributed by atoms with E-state index in [0.717, 1.165) is 12.0 Å². The van der Waals surface area contributed by atoms with Gasteiger partial charge in [0.15, 0.2) is 11.5 Å². The molecule has 1 amide bonds. The van der Waals surface area contributed by atoms with Gasteiger partial charge in [0.25, 0.3) is 0 Å². The fourth-order valence-corrected chi connectivity index (χ4v) is 2.36. The maximum absolute atomic E-state index is 12.2. The number of benzene rings is 1. The summed E-state index contributed by atoms with van der Waals surface area (Å²) in [6, 6.07) is 4.71. The average molecular weight is 368 g/mol. The quantitative estimate of drug-likeness (QED) is 0.421. The number of ether oxygens (including phenoxy) is 4. The Labute approximate surface area is 154 Å². The zero-order chi connectivity index (χ0) is 19.4. The molecule has 1 aromatic rings. The molecule has 1 aromatic carbocycles. The molecule has 8 nitrogen and oxygen atoms in total. The lowest BCUT2D eigenvalue weighted by Crippen LogP contribution is -2.37. The summed E-state index contributed by atoms with van der Waals surface area (Å²) in [4.78, 5) is 23.9. The summed E-state index contributed by atoms with van der Waals surface area (Å²) < 4.78 is 20.2. The van der Waals surface area contributed by atoms with Gasteiger partial charge in [0, 0.05) is 13.7 Å². The smallest absolute Gasteiger partial charge is 0.307 e. The molecule has 0 bridgehead atoms. The molecular weight excluding hydrogens is 340 g/mol. The number of hydrogen-bond acceptors (Lipinski definition) is 7. The van der Waals surface area contributed by atoms with Crippen LogP contribution in [0.25, 0.3) is 0 Å². The number of hydrogen-bond donors (Lipinski definition) is 2. The molecule has 0 radical (unpaired) electrons. The number of methoxy groups -OCH3 is 4. The van der Waals surface area contributed by atoms with Crippen LogP contribution in [-0.2, 0) is 19.1 Å². The van der Waals surface area contributed by atoms with Crippen LogP contribution in [0.1, 0.15) is 24.4 Å². The summed E-state index contributed by atoms with van der Waals surface area (Å²) in [6.07, 6.45) is 0.826. The molecule has 26 heavy (non-hydrogen) atoms. The van der Waals surface area contributed by atoms with Gasteiger partial charge in [-0.05, 0) is 30.7 Å². The summed E-state index contributed by atoms with van der Waals surface area (Å²) in [7, 11) is 6.01. The van der Waals surface area contributed by atoms with Crippen molar-refractivity contribution in [2.45, 2.75) is 18.9 Å². The normalized spacial score (nSPS) is 11.5. The summed E-state index contributed by atoms with van der Waals surface area (Å²) in [5.74, 6) is 0.454. The first-order valence-electron chi connectivity index (χ1n) is 8.33. The maximum Gasteiger partial charge on any atom is 0.307 e. The number of amides is 1. The minimum absolute atomic E-state index is 0.0153. The van der Waals surface area contributed by atoms with E-state index in [9.17, 15) is 9.59 Å². The van der Waals surface area contributed by atoms with Gasteiger partial charge in [0.2, 0.25) is 5.91 Å². The number of esters is 1. The third-order valence-electron chi connectivity index (χ3n) is 3.73. The highest BCUT2D eigenvalue weighted by Crippen LogP contribution is 2.31. The number of carbonyl (C=O) groups excluding carboxylic acids is 2. The first-order valence-corrected chi connectivity index (χ1v) is 8.33. The molecule has 0 aliphatic heterocycles. The van der Waals surface area contributed by atoms with E-state index < -0.39 is 12.0 Å². The second kappa shape index (κ2) is 12.1. The van der Waals surface area contributed by atoms with Crippen LogP contribution in [-0.4, -0.2) is 60.0 Å². The lowest BCUT2D eigenvalue weighted by atomic mass is 10.0. The molecule has 1 atom stereocenters. The topological polar surface area (TPSA) is 95.1 Å². The Morgan fingerprint density at radius 3 is 2.42 bits per heavy atom. The Morgan fingerprint density at radius 2 is 1.81 bits per heavy atom. The Kier molecular flexibility index (Phi) is 10.1. The summed E-state index contributed by atoms with van der Waals surface area (Å²) >= 11 is 0. The van der Waals surface area contributed by atoms with Gasteiger partial charge >= 0.3 is 5.97 Å². The minimum atomic E-state index is -0.532. The van der Waals surface area contributed by atoms with E-state index >= 15 is 0 Å². The van der Waals surface area contributed by atoms with Crippen molar-refractivity contribution in [1.29, 1.82) is 0 Å². The molecule has 0 spiro atoms. The highest BCUT2D eigenvalue weighted by Gasteiger charge is 2.20. The summed E-state index contributed by atoms with van der Waals surface area (Å²) in [5, 5.41) is 5.88. The molecule has 0 aromatic heterocycles. The van der Waals surface area contributed by atoms with E-state index in [1.165, 1.54) is 14.2 Å². The van der Waals surface area contributed by atoms with Crippen LogP contribution in [0, 0.1) is 0 Å². The Balaban J connectivity index is 2.78. The van der Waals surface area contributed by atoms with E-state index in [1.54, 1.807) is 32.4 Å². The SMILES string of the molecule is COCCCNCC(=O)N[C@@H](CC(=O)OC)c1ccc(OC)c(OC)c1.